The van der Waals surface area contributed by atoms with Crippen LogP contribution in [0.15, 0.2) is 90.8 Å². The molecular formula is C20H13BrN2OS3. The van der Waals surface area contributed by atoms with Crippen molar-refractivity contribution in [2.24, 2.45) is 0 Å². The summed E-state index contributed by atoms with van der Waals surface area (Å²) in [7, 11) is 0. The van der Waals surface area contributed by atoms with Crippen molar-refractivity contribution in [3.63, 3.8) is 0 Å². The molecule has 0 atom stereocenters. The first-order valence-electron chi connectivity index (χ1n) is 8.05. The Balaban J connectivity index is 1.45. The van der Waals surface area contributed by atoms with E-state index in [9.17, 15) is 4.79 Å². The molecule has 0 fully saturated rings. The van der Waals surface area contributed by atoms with Crippen LogP contribution in [-0.4, -0.2) is 11.0 Å². The third-order valence-electron chi connectivity index (χ3n) is 3.82. The van der Waals surface area contributed by atoms with E-state index in [1.54, 1.807) is 23.5 Å². The minimum Gasteiger partial charge on any atom is -0.332 e. The van der Waals surface area contributed by atoms with Crippen molar-refractivity contribution in [1.29, 1.82) is 0 Å². The summed E-state index contributed by atoms with van der Waals surface area (Å²) in [5.74, 6) is -0.225. The van der Waals surface area contributed by atoms with Crippen LogP contribution in [0, 0.1) is 0 Å². The molecule has 0 saturated carbocycles. The van der Waals surface area contributed by atoms with Crippen molar-refractivity contribution in [3.05, 3.63) is 76.8 Å². The normalized spacial score (nSPS) is 11.9. The fourth-order valence-electron chi connectivity index (χ4n) is 2.54. The van der Waals surface area contributed by atoms with Gasteiger partial charge in [-0.1, -0.05) is 51.6 Å². The topological polar surface area (TPSA) is 41.1 Å². The Hall–Kier alpha value is -1.80. The molecule has 0 aliphatic carbocycles. The van der Waals surface area contributed by atoms with Crippen molar-refractivity contribution in [2.45, 2.75) is 19.6 Å². The molecule has 1 amide bonds. The lowest BCUT2D eigenvalue weighted by Crippen LogP contribution is -2.34. The first-order valence-corrected chi connectivity index (χ1v) is 10.9. The SMILES string of the molecule is O=C(NC(=S)Nc1ccc(Br)cc1)c1ccc2c(c1)Sc1ccccc1S2. The van der Waals surface area contributed by atoms with Crippen LogP contribution in [0.3, 0.4) is 0 Å². The average molecular weight is 473 g/mol. The van der Waals surface area contributed by atoms with Crippen molar-refractivity contribution < 1.29 is 4.79 Å². The van der Waals surface area contributed by atoms with E-state index in [0.29, 0.717) is 5.56 Å². The molecule has 27 heavy (non-hydrogen) atoms. The van der Waals surface area contributed by atoms with E-state index in [0.717, 1.165) is 20.0 Å². The van der Waals surface area contributed by atoms with E-state index in [-0.39, 0.29) is 11.0 Å². The largest absolute Gasteiger partial charge is 0.332 e. The Bertz CT molecular complexity index is 1040. The molecule has 0 unspecified atom stereocenters. The lowest BCUT2D eigenvalue weighted by atomic mass is 10.2. The summed E-state index contributed by atoms with van der Waals surface area (Å²) in [6.45, 7) is 0. The van der Waals surface area contributed by atoms with Gasteiger partial charge in [-0.3, -0.25) is 10.1 Å². The van der Waals surface area contributed by atoms with Gasteiger partial charge in [0.05, 0.1) is 0 Å². The zero-order valence-corrected chi connectivity index (χ0v) is 17.9. The van der Waals surface area contributed by atoms with Gasteiger partial charge in [0.15, 0.2) is 5.11 Å². The molecule has 3 nitrogen and oxygen atoms in total. The smallest absolute Gasteiger partial charge is 0.257 e. The molecule has 3 aromatic carbocycles. The van der Waals surface area contributed by atoms with Gasteiger partial charge in [-0.25, -0.2) is 0 Å². The monoisotopic (exact) mass is 472 g/mol. The molecular weight excluding hydrogens is 460 g/mol. The summed E-state index contributed by atoms with van der Waals surface area (Å²) in [6, 6.07) is 21.6. The van der Waals surface area contributed by atoms with Gasteiger partial charge in [-0.05, 0) is 66.8 Å². The molecule has 3 aromatic rings. The van der Waals surface area contributed by atoms with Crippen LogP contribution < -0.4 is 10.6 Å². The fraction of sp³-hybridized carbons (Fsp3) is 0. The zero-order chi connectivity index (χ0) is 18.8. The molecule has 134 valence electrons. The molecule has 4 rings (SSSR count). The number of hydrogen-bond donors (Lipinski definition) is 2. The van der Waals surface area contributed by atoms with Crippen molar-refractivity contribution in [3.8, 4) is 0 Å². The maximum atomic E-state index is 12.6. The third-order valence-corrected chi connectivity index (χ3v) is 7.10. The second kappa shape index (κ2) is 8.06. The molecule has 0 spiro atoms. The molecule has 0 radical (unpaired) electrons. The van der Waals surface area contributed by atoms with Gasteiger partial charge in [0, 0.05) is 35.3 Å². The maximum absolute atomic E-state index is 12.6. The van der Waals surface area contributed by atoms with Crippen LogP contribution in [0.5, 0.6) is 0 Å². The number of halogens is 1. The van der Waals surface area contributed by atoms with Crippen molar-refractivity contribution >= 4 is 68.4 Å². The van der Waals surface area contributed by atoms with Crippen LogP contribution in [0.4, 0.5) is 5.69 Å². The minimum atomic E-state index is -0.225. The van der Waals surface area contributed by atoms with Crippen LogP contribution >= 0.6 is 51.7 Å². The number of benzene rings is 3. The number of fused-ring (bicyclic) bond motifs is 2. The second-order valence-electron chi connectivity index (χ2n) is 5.73. The average Bonchev–Trinajstić information content (AvgIpc) is 2.67. The number of anilines is 1. The predicted molar refractivity (Wildman–Crippen MR) is 119 cm³/mol. The number of hydrogen-bond acceptors (Lipinski definition) is 4. The Kier molecular flexibility index (Phi) is 5.54. The van der Waals surface area contributed by atoms with Crippen LogP contribution in [0.25, 0.3) is 0 Å². The fourth-order valence-corrected chi connectivity index (χ4v) is 5.27. The Morgan fingerprint density at radius 3 is 2.19 bits per heavy atom. The van der Waals surface area contributed by atoms with E-state index >= 15 is 0 Å². The van der Waals surface area contributed by atoms with Crippen molar-refractivity contribution in [2.75, 3.05) is 5.32 Å². The lowest BCUT2D eigenvalue weighted by molar-refractivity contribution is 0.0977. The van der Waals surface area contributed by atoms with Gasteiger partial charge in [0.25, 0.3) is 5.91 Å². The summed E-state index contributed by atoms with van der Waals surface area (Å²) < 4.78 is 0.981. The summed E-state index contributed by atoms with van der Waals surface area (Å²) in [6.07, 6.45) is 0. The summed E-state index contributed by atoms with van der Waals surface area (Å²) in [4.78, 5) is 17.3. The molecule has 1 heterocycles. The number of rotatable bonds is 2. The highest BCUT2D eigenvalue weighted by Crippen LogP contribution is 2.48. The van der Waals surface area contributed by atoms with Crippen LogP contribution in [-0.2, 0) is 0 Å². The highest BCUT2D eigenvalue weighted by atomic mass is 79.9. The molecule has 0 bridgehead atoms. The summed E-state index contributed by atoms with van der Waals surface area (Å²) in [5.41, 5.74) is 1.40. The molecule has 2 N–H and O–H groups in total. The number of thiocarbonyl (C=S) groups is 1. The Morgan fingerprint density at radius 1 is 0.852 bits per heavy atom. The maximum Gasteiger partial charge on any atom is 0.257 e. The number of carbonyl (C=O) groups excluding carboxylic acids is 1. The molecule has 1 aliphatic rings. The molecule has 7 heteroatoms. The summed E-state index contributed by atoms with van der Waals surface area (Å²) >= 11 is 12.1. The van der Waals surface area contributed by atoms with Crippen LogP contribution in [0.1, 0.15) is 10.4 Å². The zero-order valence-electron chi connectivity index (χ0n) is 13.9. The standard InChI is InChI=1S/C20H13BrN2OS3/c21-13-6-8-14(9-7-13)22-20(25)23-19(24)12-5-10-17-18(11-12)27-16-4-2-1-3-15(16)26-17/h1-11H,(H2,22,23,24,25). The van der Waals surface area contributed by atoms with E-state index in [1.165, 1.54) is 9.79 Å². The summed E-state index contributed by atoms with van der Waals surface area (Å²) in [5, 5.41) is 6.02. The third kappa shape index (κ3) is 4.38. The van der Waals surface area contributed by atoms with Gasteiger partial charge in [0.2, 0.25) is 0 Å². The number of nitrogens with one attached hydrogen (secondary N) is 2. The predicted octanol–water partition coefficient (Wildman–Crippen LogP) is 6.19. The van der Waals surface area contributed by atoms with Gasteiger partial charge in [0.1, 0.15) is 0 Å². The van der Waals surface area contributed by atoms with Crippen molar-refractivity contribution in [1.82, 2.24) is 5.32 Å². The van der Waals surface area contributed by atoms with Gasteiger partial charge in [-0.15, -0.1) is 0 Å². The quantitative estimate of drug-likeness (QED) is 0.340. The molecule has 0 saturated heterocycles. The van der Waals surface area contributed by atoms with E-state index in [2.05, 4.69) is 38.7 Å². The van der Waals surface area contributed by atoms with Gasteiger partial charge >= 0.3 is 0 Å². The van der Waals surface area contributed by atoms with Gasteiger partial charge in [-0.2, -0.15) is 0 Å². The Labute approximate surface area is 179 Å². The van der Waals surface area contributed by atoms with Gasteiger partial charge < -0.3 is 5.32 Å². The first-order chi connectivity index (χ1) is 13.1. The molecule has 0 aromatic heterocycles. The van der Waals surface area contributed by atoms with Crippen LogP contribution in [0.2, 0.25) is 0 Å². The van der Waals surface area contributed by atoms with E-state index in [4.69, 9.17) is 12.2 Å². The highest BCUT2D eigenvalue weighted by molar-refractivity contribution is 9.10. The first kappa shape index (κ1) is 18.6. The number of amides is 1. The van der Waals surface area contributed by atoms with E-state index < -0.39 is 0 Å². The highest BCUT2D eigenvalue weighted by Gasteiger charge is 2.18. The minimum absolute atomic E-state index is 0.225. The van der Waals surface area contributed by atoms with E-state index in [1.807, 2.05) is 54.6 Å². The molecule has 1 aliphatic heterocycles. The number of carbonyl (C=O) groups is 1. The Morgan fingerprint density at radius 2 is 1.48 bits per heavy atom. The lowest BCUT2D eigenvalue weighted by Gasteiger charge is -2.18. The second-order valence-corrected chi connectivity index (χ2v) is 9.22.